The molecule has 116 valence electrons. The summed E-state index contributed by atoms with van der Waals surface area (Å²) >= 11 is 2.72. The van der Waals surface area contributed by atoms with Crippen molar-refractivity contribution >= 4 is 49.3 Å². The number of para-hydroxylation sites is 1. The number of sulfonamides is 1. The van der Waals surface area contributed by atoms with Gasteiger partial charge in [0.1, 0.15) is 9.22 Å². The zero-order valence-corrected chi connectivity index (χ0v) is 14.1. The van der Waals surface area contributed by atoms with E-state index in [9.17, 15) is 8.42 Å². The first-order valence-corrected chi connectivity index (χ1v) is 9.96. The molecule has 2 N–H and O–H groups in total. The Morgan fingerprint density at radius 2 is 2.00 bits per heavy atom. The number of H-pyrrole nitrogens is 1. The van der Waals surface area contributed by atoms with Gasteiger partial charge in [-0.1, -0.05) is 18.2 Å². The van der Waals surface area contributed by atoms with Gasteiger partial charge in [0.05, 0.1) is 16.9 Å². The molecule has 3 heterocycles. The fourth-order valence-electron chi connectivity index (χ4n) is 2.32. The molecule has 0 amide bonds. The molecule has 0 aliphatic carbocycles. The lowest BCUT2D eigenvalue weighted by atomic mass is 10.2. The van der Waals surface area contributed by atoms with Gasteiger partial charge in [-0.3, -0.25) is 4.72 Å². The minimum atomic E-state index is -3.57. The number of thiophene rings is 1. The molecule has 0 aliphatic rings. The van der Waals surface area contributed by atoms with Crippen molar-refractivity contribution in [2.75, 3.05) is 4.72 Å². The monoisotopic (exact) mass is 361 g/mol. The van der Waals surface area contributed by atoms with E-state index < -0.39 is 10.0 Å². The second kappa shape index (κ2) is 5.48. The van der Waals surface area contributed by atoms with Gasteiger partial charge in [0.15, 0.2) is 0 Å². The van der Waals surface area contributed by atoms with Gasteiger partial charge in [-0.2, -0.15) is 0 Å². The Labute approximate surface area is 140 Å². The second-order valence-electron chi connectivity index (χ2n) is 4.83. The van der Waals surface area contributed by atoms with E-state index in [0.717, 1.165) is 21.6 Å². The highest BCUT2D eigenvalue weighted by molar-refractivity contribution is 7.94. The smallest absolute Gasteiger partial charge is 0.271 e. The van der Waals surface area contributed by atoms with E-state index in [2.05, 4.69) is 14.7 Å². The van der Waals surface area contributed by atoms with Gasteiger partial charge < -0.3 is 4.98 Å². The summed E-state index contributed by atoms with van der Waals surface area (Å²) in [4.78, 5) is 7.54. The van der Waals surface area contributed by atoms with Crippen molar-refractivity contribution in [2.45, 2.75) is 4.21 Å². The number of fused-ring (bicyclic) bond motifs is 1. The molecular weight excluding hydrogens is 350 g/mol. The molecule has 0 saturated carbocycles. The summed E-state index contributed by atoms with van der Waals surface area (Å²) in [5, 5.41) is 5.45. The molecule has 0 atom stereocenters. The standard InChI is InChI=1S/C15H11N3O2S3/c19-23(20,13-5-2-7-21-13)18-11-4-1-3-10-9-12(17-14(10)11)15-16-6-8-22-15/h1-9,17-18H. The topological polar surface area (TPSA) is 74.8 Å². The van der Waals surface area contributed by atoms with Crippen molar-refractivity contribution in [3.05, 3.63) is 53.4 Å². The number of benzene rings is 1. The van der Waals surface area contributed by atoms with Crippen LogP contribution < -0.4 is 4.72 Å². The molecule has 0 bridgehead atoms. The molecule has 3 aromatic heterocycles. The van der Waals surface area contributed by atoms with Gasteiger partial charge in [-0.15, -0.1) is 22.7 Å². The number of aromatic amines is 1. The maximum absolute atomic E-state index is 12.4. The van der Waals surface area contributed by atoms with E-state index in [4.69, 9.17) is 0 Å². The quantitative estimate of drug-likeness (QED) is 0.573. The molecule has 4 aromatic rings. The Bertz CT molecular complexity index is 1050. The Morgan fingerprint density at radius 1 is 1.09 bits per heavy atom. The Morgan fingerprint density at radius 3 is 2.74 bits per heavy atom. The average Bonchev–Trinajstić information content (AvgIpc) is 3.27. The van der Waals surface area contributed by atoms with Gasteiger partial charge in [0.25, 0.3) is 10.0 Å². The van der Waals surface area contributed by atoms with Crippen LogP contribution in [0.2, 0.25) is 0 Å². The summed E-state index contributed by atoms with van der Waals surface area (Å²) in [5.74, 6) is 0. The fraction of sp³-hybridized carbons (Fsp3) is 0. The molecule has 0 spiro atoms. The van der Waals surface area contributed by atoms with Gasteiger partial charge >= 0.3 is 0 Å². The Hall–Kier alpha value is -2.16. The van der Waals surface area contributed by atoms with Crippen molar-refractivity contribution in [1.82, 2.24) is 9.97 Å². The number of anilines is 1. The van der Waals surface area contributed by atoms with Gasteiger partial charge in [0.2, 0.25) is 0 Å². The summed E-state index contributed by atoms with van der Waals surface area (Å²) < 4.78 is 27.8. The summed E-state index contributed by atoms with van der Waals surface area (Å²) in [6, 6.07) is 10.8. The largest absolute Gasteiger partial charge is 0.351 e. The highest BCUT2D eigenvalue weighted by Gasteiger charge is 2.17. The van der Waals surface area contributed by atoms with E-state index in [1.54, 1.807) is 29.8 Å². The maximum Gasteiger partial charge on any atom is 0.271 e. The molecule has 0 unspecified atom stereocenters. The van der Waals surface area contributed by atoms with Crippen LogP contribution in [0.15, 0.2) is 57.6 Å². The molecule has 0 saturated heterocycles. The lowest BCUT2D eigenvalue weighted by Crippen LogP contribution is -2.11. The molecule has 4 rings (SSSR count). The summed E-state index contributed by atoms with van der Waals surface area (Å²) in [6.45, 7) is 0. The maximum atomic E-state index is 12.4. The van der Waals surface area contributed by atoms with Crippen molar-refractivity contribution < 1.29 is 8.42 Å². The van der Waals surface area contributed by atoms with Crippen LogP contribution in [-0.4, -0.2) is 18.4 Å². The molecule has 1 aromatic carbocycles. The van der Waals surface area contributed by atoms with Gasteiger partial charge in [-0.25, -0.2) is 13.4 Å². The summed E-state index contributed by atoms with van der Waals surface area (Å²) in [5.41, 5.74) is 2.15. The highest BCUT2D eigenvalue weighted by atomic mass is 32.2. The van der Waals surface area contributed by atoms with Crippen molar-refractivity contribution in [1.29, 1.82) is 0 Å². The predicted molar refractivity (Wildman–Crippen MR) is 94.5 cm³/mol. The molecule has 0 fully saturated rings. The van der Waals surface area contributed by atoms with Crippen LogP contribution in [0.5, 0.6) is 0 Å². The van der Waals surface area contributed by atoms with E-state index in [1.807, 2.05) is 23.6 Å². The fourth-order valence-corrected chi connectivity index (χ4v) is 5.00. The van der Waals surface area contributed by atoms with Crippen molar-refractivity contribution in [2.24, 2.45) is 0 Å². The second-order valence-corrected chi connectivity index (χ2v) is 8.58. The zero-order valence-electron chi connectivity index (χ0n) is 11.7. The summed E-state index contributed by atoms with van der Waals surface area (Å²) in [7, 11) is -3.57. The van der Waals surface area contributed by atoms with E-state index in [0.29, 0.717) is 9.90 Å². The first-order chi connectivity index (χ1) is 11.1. The minimum Gasteiger partial charge on any atom is -0.351 e. The molecule has 5 nitrogen and oxygen atoms in total. The van der Waals surface area contributed by atoms with E-state index >= 15 is 0 Å². The highest BCUT2D eigenvalue weighted by Crippen LogP contribution is 2.31. The molecule has 23 heavy (non-hydrogen) atoms. The predicted octanol–water partition coefficient (Wildman–Crippen LogP) is 4.15. The molecule has 0 aliphatic heterocycles. The number of rotatable bonds is 4. The molecule has 0 radical (unpaired) electrons. The zero-order chi connectivity index (χ0) is 15.9. The number of thiazole rings is 1. The van der Waals surface area contributed by atoms with Gasteiger partial charge in [0, 0.05) is 17.0 Å². The van der Waals surface area contributed by atoms with Crippen LogP contribution in [0.25, 0.3) is 21.6 Å². The van der Waals surface area contributed by atoms with E-state index in [-0.39, 0.29) is 0 Å². The number of nitrogens with one attached hydrogen (secondary N) is 2. The summed E-state index contributed by atoms with van der Waals surface area (Å²) in [6.07, 6.45) is 1.74. The normalized spacial score (nSPS) is 11.8. The van der Waals surface area contributed by atoms with Crippen LogP contribution in [0.1, 0.15) is 0 Å². The first kappa shape index (κ1) is 14.4. The number of nitrogens with zero attached hydrogens (tertiary/aromatic N) is 1. The van der Waals surface area contributed by atoms with Crippen LogP contribution in [0.3, 0.4) is 0 Å². The van der Waals surface area contributed by atoms with E-state index in [1.165, 1.54) is 22.7 Å². The van der Waals surface area contributed by atoms with Crippen molar-refractivity contribution in [3.63, 3.8) is 0 Å². The van der Waals surface area contributed by atoms with Crippen molar-refractivity contribution in [3.8, 4) is 10.7 Å². The third-order valence-corrected chi connectivity index (χ3v) is 6.89. The minimum absolute atomic E-state index is 0.293. The number of aromatic nitrogens is 2. The lowest BCUT2D eigenvalue weighted by Gasteiger charge is -2.07. The Balaban J connectivity index is 1.79. The van der Waals surface area contributed by atoms with Crippen LogP contribution in [-0.2, 0) is 10.0 Å². The molecular formula is C15H11N3O2S3. The van der Waals surface area contributed by atoms with Gasteiger partial charge in [-0.05, 0) is 23.6 Å². The SMILES string of the molecule is O=S(=O)(Nc1cccc2cc(-c3nccs3)[nH]c12)c1cccs1. The average molecular weight is 361 g/mol. The van der Waals surface area contributed by atoms with Crippen LogP contribution in [0, 0.1) is 0 Å². The van der Waals surface area contributed by atoms with Crippen LogP contribution >= 0.6 is 22.7 Å². The number of hydrogen-bond acceptors (Lipinski definition) is 5. The lowest BCUT2D eigenvalue weighted by molar-refractivity contribution is 0.603. The molecule has 8 heteroatoms. The Kier molecular flexibility index (Phi) is 3.44. The number of hydrogen-bond donors (Lipinski definition) is 2. The third kappa shape index (κ3) is 2.65. The third-order valence-electron chi connectivity index (χ3n) is 3.32. The first-order valence-electron chi connectivity index (χ1n) is 6.71. The van der Waals surface area contributed by atoms with Crippen LogP contribution in [0.4, 0.5) is 5.69 Å².